The Labute approximate surface area is 84.4 Å². The Morgan fingerprint density at radius 1 is 1.54 bits per heavy atom. The fourth-order valence-corrected chi connectivity index (χ4v) is 2.26. The van der Waals surface area contributed by atoms with E-state index in [1.807, 2.05) is 0 Å². The zero-order valence-corrected chi connectivity index (χ0v) is 9.45. The summed E-state index contributed by atoms with van der Waals surface area (Å²) >= 11 is 1.78. The Kier molecular flexibility index (Phi) is 4.39. The maximum atomic E-state index is 4.57. The van der Waals surface area contributed by atoms with Crippen molar-refractivity contribution in [3.8, 4) is 0 Å². The second kappa shape index (κ2) is 5.35. The van der Waals surface area contributed by atoms with E-state index in [4.69, 9.17) is 0 Å². The van der Waals surface area contributed by atoms with E-state index in [1.165, 1.54) is 17.1 Å². The molecule has 3 heteroatoms. The van der Waals surface area contributed by atoms with E-state index in [2.05, 4.69) is 36.5 Å². The van der Waals surface area contributed by atoms with E-state index >= 15 is 0 Å². The van der Waals surface area contributed by atoms with Crippen molar-refractivity contribution >= 4 is 11.3 Å². The number of hydrogen-bond acceptors (Lipinski definition) is 3. The van der Waals surface area contributed by atoms with Crippen LogP contribution in [0.5, 0.6) is 0 Å². The van der Waals surface area contributed by atoms with Crippen molar-refractivity contribution in [2.45, 2.75) is 39.7 Å². The minimum absolute atomic E-state index is 0.395. The molecule has 0 radical (unpaired) electrons. The Hall–Kier alpha value is -0.410. The van der Waals surface area contributed by atoms with Gasteiger partial charge in [-0.15, -0.1) is 11.3 Å². The van der Waals surface area contributed by atoms with E-state index in [9.17, 15) is 0 Å². The molecule has 1 aromatic heterocycles. The molecule has 1 unspecified atom stereocenters. The third-order valence-corrected chi connectivity index (χ3v) is 2.91. The van der Waals surface area contributed by atoms with E-state index in [0.29, 0.717) is 6.04 Å². The molecule has 0 saturated heterocycles. The van der Waals surface area contributed by atoms with E-state index in [-0.39, 0.29) is 0 Å². The van der Waals surface area contributed by atoms with Crippen molar-refractivity contribution in [1.29, 1.82) is 0 Å². The molecule has 0 fully saturated rings. The van der Waals surface area contributed by atoms with Gasteiger partial charge in [-0.3, -0.25) is 0 Å². The van der Waals surface area contributed by atoms with Crippen molar-refractivity contribution in [2.75, 3.05) is 6.54 Å². The highest BCUT2D eigenvalue weighted by Crippen LogP contribution is 2.17. The summed E-state index contributed by atoms with van der Waals surface area (Å²) in [5.41, 5.74) is 1.19. The molecule has 2 nitrogen and oxygen atoms in total. The standard InChI is InChI=1S/C10H18N2S/c1-4-6-10-12-9(7-13-10)8(3)11-5-2/h7-8,11H,4-6H2,1-3H3. The summed E-state index contributed by atoms with van der Waals surface area (Å²) in [4.78, 5) is 4.57. The van der Waals surface area contributed by atoms with E-state index in [0.717, 1.165) is 13.0 Å². The third-order valence-electron chi connectivity index (χ3n) is 1.99. The Morgan fingerprint density at radius 2 is 2.31 bits per heavy atom. The van der Waals surface area contributed by atoms with Gasteiger partial charge in [0.25, 0.3) is 0 Å². The van der Waals surface area contributed by atoms with E-state index < -0.39 is 0 Å². The number of aryl methyl sites for hydroxylation is 1. The van der Waals surface area contributed by atoms with Gasteiger partial charge in [0.05, 0.1) is 10.7 Å². The van der Waals surface area contributed by atoms with Crippen LogP contribution in [0.2, 0.25) is 0 Å². The van der Waals surface area contributed by atoms with Crippen molar-refractivity contribution in [3.05, 3.63) is 16.1 Å². The molecule has 13 heavy (non-hydrogen) atoms. The maximum absolute atomic E-state index is 4.57. The molecule has 0 aliphatic rings. The lowest BCUT2D eigenvalue weighted by Crippen LogP contribution is -2.17. The number of aromatic nitrogens is 1. The molecular weight excluding hydrogens is 180 g/mol. The van der Waals surface area contributed by atoms with Crippen LogP contribution in [0.3, 0.4) is 0 Å². The van der Waals surface area contributed by atoms with Crippen molar-refractivity contribution < 1.29 is 0 Å². The number of nitrogens with one attached hydrogen (secondary N) is 1. The van der Waals surface area contributed by atoms with Gasteiger partial charge in [0, 0.05) is 11.4 Å². The molecule has 0 amide bonds. The molecule has 1 aromatic rings. The molecular formula is C10H18N2S. The Balaban J connectivity index is 2.56. The zero-order valence-electron chi connectivity index (χ0n) is 8.63. The average molecular weight is 198 g/mol. The van der Waals surface area contributed by atoms with Crippen LogP contribution in [0.1, 0.15) is 43.9 Å². The first kappa shape index (κ1) is 10.7. The van der Waals surface area contributed by atoms with Gasteiger partial charge in [0.15, 0.2) is 0 Å². The first-order chi connectivity index (χ1) is 6.27. The largest absolute Gasteiger partial charge is 0.309 e. The number of hydrogen-bond donors (Lipinski definition) is 1. The van der Waals surface area contributed by atoms with Crippen molar-refractivity contribution in [1.82, 2.24) is 10.3 Å². The van der Waals surface area contributed by atoms with Gasteiger partial charge >= 0.3 is 0 Å². The van der Waals surface area contributed by atoms with Gasteiger partial charge in [-0.05, 0) is 26.3 Å². The molecule has 0 spiro atoms. The lowest BCUT2D eigenvalue weighted by molar-refractivity contribution is 0.584. The summed E-state index contributed by atoms with van der Waals surface area (Å²) in [5, 5.41) is 6.79. The maximum Gasteiger partial charge on any atom is 0.0928 e. The second-order valence-corrected chi connectivity index (χ2v) is 4.14. The Bertz CT molecular complexity index is 245. The lowest BCUT2D eigenvalue weighted by atomic mass is 10.2. The highest BCUT2D eigenvalue weighted by atomic mass is 32.1. The van der Waals surface area contributed by atoms with Crippen LogP contribution in [-0.2, 0) is 6.42 Å². The fraction of sp³-hybridized carbons (Fsp3) is 0.700. The van der Waals surface area contributed by atoms with Gasteiger partial charge in [-0.2, -0.15) is 0 Å². The lowest BCUT2D eigenvalue weighted by Gasteiger charge is -2.07. The Morgan fingerprint density at radius 3 is 2.92 bits per heavy atom. The van der Waals surface area contributed by atoms with Crippen LogP contribution in [0.15, 0.2) is 5.38 Å². The monoisotopic (exact) mass is 198 g/mol. The SMILES string of the molecule is CCCc1nc(C(C)NCC)cs1. The fourth-order valence-electron chi connectivity index (χ4n) is 1.26. The minimum atomic E-state index is 0.395. The van der Waals surface area contributed by atoms with Gasteiger partial charge < -0.3 is 5.32 Å². The normalized spacial score (nSPS) is 13.2. The van der Waals surface area contributed by atoms with Gasteiger partial charge in [0.2, 0.25) is 0 Å². The van der Waals surface area contributed by atoms with Crippen LogP contribution in [0.4, 0.5) is 0 Å². The average Bonchev–Trinajstić information content (AvgIpc) is 2.54. The van der Waals surface area contributed by atoms with Crippen LogP contribution in [0, 0.1) is 0 Å². The van der Waals surface area contributed by atoms with Gasteiger partial charge in [0.1, 0.15) is 0 Å². The predicted octanol–water partition coefficient (Wildman–Crippen LogP) is 2.77. The molecule has 0 saturated carbocycles. The molecule has 1 heterocycles. The molecule has 0 bridgehead atoms. The van der Waals surface area contributed by atoms with Crippen LogP contribution >= 0.6 is 11.3 Å². The predicted molar refractivity (Wildman–Crippen MR) is 58.2 cm³/mol. The van der Waals surface area contributed by atoms with Gasteiger partial charge in [-0.1, -0.05) is 13.8 Å². The molecule has 1 rings (SSSR count). The number of nitrogens with zero attached hydrogens (tertiary/aromatic N) is 1. The summed E-state index contributed by atoms with van der Waals surface area (Å²) in [6, 6.07) is 0.395. The summed E-state index contributed by atoms with van der Waals surface area (Å²) in [6.45, 7) is 7.47. The quantitative estimate of drug-likeness (QED) is 0.787. The zero-order chi connectivity index (χ0) is 9.68. The minimum Gasteiger partial charge on any atom is -0.309 e. The summed E-state index contributed by atoms with van der Waals surface area (Å²) in [5.74, 6) is 0. The number of thiazole rings is 1. The van der Waals surface area contributed by atoms with Crippen LogP contribution in [-0.4, -0.2) is 11.5 Å². The van der Waals surface area contributed by atoms with E-state index in [1.54, 1.807) is 11.3 Å². The summed E-state index contributed by atoms with van der Waals surface area (Å²) in [6.07, 6.45) is 2.30. The smallest absolute Gasteiger partial charge is 0.0928 e. The number of rotatable bonds is 5. The molecule has 0 aliphatic carbocycles. The molecule has 1 N–H and O–H groups in total. The van der Waals surface area contributed by atoms with Gasteiger partial charge in [-0.25, -0.2) is 4.98 Å². The second-order valence-electron chi connectivity index (χ2n) is 3.20. The molecule has 1 atom stereocenters. The third kappa shape index (κ3) is 3.08. The van der Waals surface area contributed by atoms with Crippen LogP contribution in [0.25, 0.3) is 0 Å². The van der Waals surface area contributed by atoms with Crippen molar-refractivity contribution in [2.24, 2.45) is 0 Å². The first-order valence-electron chi connectivity index (χ1n) is 4.95. The highest BCUT2D eigenvalue weighted by Gasteiger charge is 2.07. The molecule has 0 aliphatic heterocycles. The first-order valence-corrected chi connectivity index (χ1v) is 5.83. The highest BCUT2D eigenvalue weighted by molar-refractivity contribution is 7.09. The van der Waals surface area contributed by atoms with Crippen LogP contribution < -0.4 is 5.32 Å². The molecule has 74 valence electrons. The molecule has 0 aromatic carbocycles. The van der Waals surface area contributed by atoms with Crippen molar-refractivity contribution in [3.63, 3.8) is 0 Å². The summed E-state index contributed by atoms with van der Waals surface area (Å²) in [7, 11) is 0. The summed E-state index contributed by atoms with van der Waals surface area (Å²) < 4.78 is 0. The topological polar surface area (TPSA) is 24.9 Å².